The van der Waals surface area contributed by atoms with Crippen LogP contribution in [-0.4, -0.2) is 34.8 Å². The SMILES string of the molecule is Cc1cc(Oc2cc(N)ncn2)ccc1N1C(=O)CN(c2ccc(F)c(OC(F)(F)F)c2)C1=O. The van der Waals surface area contributed by atoms with Gasteiger partial charge in [-0.05, 0) is 42.8 Å². The molecule has 3 amide bonds. The van der Waals surface area contributed by atoms with E-state index < -0.39 is 36.4 Å². The van der Waals surface area contributed by atoms with Crippen molar-refractivity contribution in [2.24, 2.45) is 0 Å². The molecule has 0 spiro atoms. The van der Waals surface area contributed by atoms with Crippen LogP contribution in [0.4, 0.5) is 39.5 Å². The van der Waals surface area contributed by atoms with E-state index in [1.54, 1.807) is 13.0 Å². The molecule has 1 aromatic heterocycles. The summed E-state index contributed by atoms with van der Waals surface area (Å²) in [6, 6.07) is 7.61. The molecule has 34 heavy (non-hydrogen) atoms. The molecule has 0 unspecified atom stereocenters. The van der Waals surface area contributed by atoms with Crippen molar-refractivity contribution in [3.05, 3.63) is 60.2 Å². The smallest absolute Gasteiger partial charge is 0.439 e. The molecule has 4 rings (SSSR count). The number of carbonyl (C=O) groups excluding carboxylic acids is 2. The van der Waals surface area contributed by atoms with Gasteiger partial charge in [-0.25, -0.2) is 24.1 Å². The van der Waals surface area contributed by atoms with Crippen molar-refractivity contribution in [1.82, 2.24) is 9.97 Å². The van der Waals surface area contributed by atoms with E-state index in [0.29, 0.717) is 23.4 Å². The largest absolute Gasteiger partial charge is 0.573 e. The fraction of sp³-hybridized carbons (Fsp3) is 0.143. The number of hydrogen-bond donors (Lipinski definition) is 1. The molecule has 1 fully saturated rings. The Morgan fingerprint density at radius 1 is 1.06 bits per heavy atom. The van der Waals surface area contributed by atoms with E-state index in [2.05, 4.69) is 14.7 Å². The fourth-order valence-corrected chi connectivity index (χ4v) is 3.28. The maximum atomic E-state index is 13.7. The summed E-state index contributed by atoms with van der Waals surface area (Å²) in [4.78, 5) is 35.1. The lowest BCUT2D eigenvalue weighted by molar-refractivity contribution is -0.275. The topological polar surface area (TPSA) is 111 Å². The summed E-state index contributed by atoms with van der Waals surface area (Å²) in [5, 5.41) is 0. The number of carbonyl (C=O) groups is 2. The number of benzene rings is 2. The standard InChI is InChI=1S/C21H15F4N5O4/c1-11-6-13(33-18-8-17(26)27-10-28-18)3-5-15(11)30-19(31)9-29(20(30)32)12-2-4-14(22)16(7-12)34-21(23,24)25/h2-8,10H,9H2,1H3,(H2,26,27,28). The second kappa shape index (κ2) is 8.50. The third kappa shape index (κ3) is 4.67. The number of anilines is 3. The van der Waals surface area contributed by atoms with Crippen molar-refractivity contribution in [2.45, 2.75) is 13.3 Å². The zero-order chi connectivity index (χ0) is 24.6. The number of nitrogens with zero attached hydrogens (tertiary/aromatic N) is 4. The van der Waals surface area contributed by atoms with Crippen LogP contribution in [0.2, 0.25) is 0 Å². The Morgan fingerprint density at radius 2 is 1.82 bits per heavy atom. The number of rotatable bonds is 5. The van der Waals surface area contributed by atoms with Gasteiger partial charge in [0.15, 0.2) is 11.6 Å². The molecule has 0 bridgehead atoms. The van der Waals surface area contributed by atoms with Crippen LogP contribution in [0.25, 0.3) is 0 Å². The van der Waals surface area contributed by atoms with Crippen LogP contribution >= 0.6 is 0 Å². The number of urea groups is 1. The predicted octanol–water partition coefficient (Wildman–Crippen LogP) is 4.17. The number of imide groups is 1. The Labute approximate surface area is 189 Å². The molecule has 1 aliphatic rings. The van der Waals surface area contributed by atoms with Gasteiger partial charge in [0.2, 0.25) is 5.88 Å². The number of halogens is 4. The van der Waals surface area contributed by atoms with Gasteiger partial charge in [-0.3, -0.25) is 9.69 Å². The van der Waals surface area contributed by atoms with Crippen molar-refractivity contribution in [2.75, 3.05) is 22.1 Å². The van der Waals surface area contributed by atoms with Crippen molar-refractivity contribution in [1.29, 1.82) is 0 Å². The van der Waals surface area contributed by atoms with Gasteiger partial charge in [0.05, 0.1) is 5.69 Å². The number of alkyl halides is 3. The predicted molar refractivity (Wildman–Crippen MR) is 111 cm³/mol. The van der Waals surface area contributed by atoms with Crippen LogP contribution in [-0.2, 0) is 4.79 Å². The van der Waals surface area contributed by atoms with E-state index in [1.807, 2.05) is 0 Å². The molecule has 176 valence electrons. The minimum atomic E-state index is -5.13. The lowest BCUT2D eigenvalue weighted by atomic mass is 10.1. The maximum absolute atomic E-state index is 13.7. The molecule has 1 saturated heterocycles. The first-order valence-corrected chi connectivity index (χ1v) is 9.57. The first-order valence-electron chi connectivity index (χ1n) is 9.57. The first-order chi connectivity index (χ1) is 16.0. The minimum Gasteiger partial charge on any atom is -0.439 e. The molecule has 3 aromatic rings. The Balaban J connectivity index is 1.58. The van der Waals surface area contributed by atoms with Crippen molar-refractivity contribution >= 4 is 29.1 Å². The van der Waals surface area contributed by atoms with Gasteiger partial charge >= 0.3 is 12.4 Å². The zero-order valence-electron chi connectivity index (χ0n) is 17.3. The van der Waals surface area contributed by atoms with Gasteiger partial charge in [0.1, 0.15) is 24.4 Å². The van der Waals surface area contributed by atoms with Crippen LogP contribution in [0.1, 0.15) is 5.56 Å². The second-order valence-electron chi connectivity index (χ2n) is 7.09. The Morgan fingerprint density at radius 3 is 2.50 bits per heavy atom. The summed E-state index contributed by atoms with van der Waals surface area (Å²) in [6.45, 7) is 1.17. The number of hydrogen-bond acceptors (Lipinski definition) is 7. The number of aryl methyl sites for hydroxylation is 1. The first kappa shape index (κ1) is 22.8. The van der Waals surface area contributed by atoms with Crippen LogP contribution in [0.3, 0.4) is 0 Å². The van der Waals surface area contributed by atoms with E-state index in [-0.39, 0.29) is 23.1 Å². The number of aromatic nitrogens is 2. The monoisotopic (exact) mass is 477 g/mol. The average molecular weight is 477 g/mol. The average Bonchev–Trinajstić information content (AvgIpc) is 3.03. The van der Waals surface area contributed by atoms with Crippen molar-refractivity contribution in [3.63, 3.8) is 0 Å². The third-order valence-electron chi connectivity index (χ3n) is 4.71. The van der Waals surface area contributed by atoms with E-state index in [1.165, 1.54) is 24.5 Å². The zero-order valence-corrected chi connectivity index (χ0v) is 17.3. The van der Waals surface area contributed by atoms with Crippen molar-refractivity contribution in [3.8, 4) is 17.4 Å². The number of nitrogen functional groups attached to an aromatic ring is 1. The molecule has 0 atom stereocenters. The molecule has 13 heteroatoms. The minimum absolute atomic E-state index is 0.138. The summed E-state index contributed by atoms with van der Waals surface area (Å²) in [5.74, 6) is -2.28. The molecule has 0 aliphatic carbocycles. The highest BCUT2D eigenvalue weighted by atomic mass is 19.4. The van der Waals surface area contributed by atoms with Crippen LogP contribution in [0.15, 0.2) is 48.8 Å². The second-order valence-corrected chi connectivity index (χ2v) is 7.09. The number of amides is 3. The number of nitrogens with two attached hydrogens (primary N) is 1. The number of ether oxygens (including phenoxy) is 2. The third-order valence-corrected chi connectivity index (χ3v) is 4.71. The van der Waals surface area contributed by atoms with Gasteiger partial charge in [-0.2, -0.15) is 0 Å². The Hall–Kier alpha value is -4.42. The molecule has 1 aliphatic heterocycles. The van der Waals surface area contributed by atoms with Crippen LogP contribution in [0.5, 0.6) is 17.4 Å². The summed E-state index contributed by atoms with van der Waals surface area (Å²) in [5.41, 5.74) is 6.17. The van der Waals surface area contributed by atoms with Gasteiger partial charge in [-0.1, -0.05) is 0 Å². The summed E-state index contributed by atoms with van der Waals surface area (Å²) < 4.78 is 60.6. The summed E-state index contributed by atoms with van der Waals surface area (Å²) >= 11 is 0. The van der Waals surface area contributed by atoms with Crippen molar-refractivity contribution < 1.29 is 36.6 Å². The molecule has 2 heterocycles. The Bertz CT molecular complexity index is 1280. The van der Waals surface area contributed by atoms with E-state index in [0.717, 1.165) is 15.9 Å². The van der Waals surface area contributed by atoms with E-state index >= 15 is 0 Å². The van der Waals surface area contributed by atoms with Crippen LogP contribution < -0.4 is 25.0 Å². The van der Waals surface area contributed by atoms with E-state index in [9.17, 15) is 27.2 Å². The van der Waals surface area contributed by atoms with Gasteiger partial charge < -0.3 is 15.2 Å². The summed E-state index contributed by atoms with van der Waals surface area (Å²) in [7, 11) is 0. The highest BCUT2D eigenvalue weighted by molar-refractivity contribution is 6.27. The maximum Gasteiger partial charge on any atom is 0.573 e. The van der Waals surface area contributed by atoms with Gasteiger partial charge in [-0.15, -0.1) is 13.2 Å². The Kier molecular flexibility index (Phi) is 5.69. The van der Waals surface area contributed by atoms with Gasteiger partial charge in [0.25, 0.3) is 5.91 Å². The van der Waals surface area contributed by atoms with Crippen LogP contribution in [0, 0.1) is 12.7 Å². The molecule has 0 saturated carbocycles. The molecule has 2 aromatic carbocycles. The lowest BCUT2D eigenvalue weighted by Crippen LogP contribution is -2.33. The normalized spacial score (nSPS) is 14.0. The fourth-order valence-electron chi connectivity index (χ4n) is 3.28. The molecular weight excluding hydrogens is 462 g/mol. The van der Waals surface area contributed by atoms with Gasteiger partial charge in [0, 0.05) is 17.8 Å². The highest BCUT2D eigenvalue weighted by Gasteiger charge is 2.39. The van der Waals surface area contributed by atoms with E-state index in [4.69, 9.17) is 10.5 Å². The quantitative estimate of drug-likeness (QED) is 0.434. The lowest BCUT2D eigenvalue weighted by Gasteiger charge is -2.20. The molecule has 2 N–H and O–H groups in total. The molecule has 0 radical (unpaired) electrons. The highest BCUT2D eigenvalue weighted by Crippen LogP contribution is 2.34. The molecular formula is C21H15F4N5O4. The molecule has 9 nitrogen and oxygen atoms in total. The summed E-state index contributed by atoms with van der Waals surface area (Å²) in [6.07, 6.45) is -3.91.